The van der Waals surface area contributed by atoms with Gasteiger partial charge in [0.2, 0.25) is 0 Å². The summed E-state index contributed by atoms with van der Waals surface area (Å²) in [6.45, 7) is 2.05. The van der Waals surface area contributed by atoms with Gasteiger partial charge in [0.15, 0.2) is 0 Å². The molecule has 19 heavy (non-hydrogen) atoms. The fourth-order valence-electron chi connectivity index (χ4n) is 1.71. The van der Waals surface area contributed by atoms with Crippen molar-refractivity contribution in [2.75, 3.05) is 5.32 Å². The highest BCUT2D eigenvalue weighted by Gasteiger charge is 2.10. The van der Waals surface area contributed by atoms with Crippen molar-refractivity contribution in [1.82, 2.24) is 0 Å². The Labute approximate surface area is 136 Å². The first-order valence-electron chi connectivity index (χ1n) is 5.64. The van der Waals surface area contributed by atoms with Crippen molar-refractivity contribution in [3.8, 4) is 0 Å². The van der Waals surface area contributed by atoms with Gasteiger partial charge in [-0.3, -0.25) is 0 Å². The maximum atomic E-state index is 6.06. The lowest BCUT2D eigenvalue weighted by molar-refractivity contribution is 0.884. The third-order valence-electron chi connectivity index (χ3n) is 2.77. The molecule has 0 aliphatic heterocycles. The highest BCUT2D eigenvalue weighted by molar-refractivity contribution is 9.10. The van der Waals surface area contributed by atoms with E-state index < -0.39 is 0 Å². The maximum Gasteiger partial charge on any atom is 0.0595 e. The maximum absolute atomic E-state index is 6.06. The number of halogens is 4. The van der Waals surface area contributed by atoms with E-state index in [1.807, 2.05) is 37.3 Å². The van der Waals surface area contributed by atoms with Crippen LogP contribution in [0.2, 0.25) is 15.1 Å². The summed E-state index contributed by atoms with van der Waals surface area (Å²) in [6.07, 6.45) is 0. The molecule has 0 aliphatic rings. The van der Waals surface area contributed by atoms with Gasteiger partial charge in [-0.1, -0.05) is 46.9 Å². The van der Waals surface area contributed by atoms with E-state index in [0.717, 1.165) is 15.7 Å². The molecule has 0 amide bonds. The zero-order valence-electron chi connectivity index (χ0n) is 10.1. The SMILES string of the molecule is CC(Nc1cccc(Cl)c1Br)c1ccc(Cl)c(Cl)c1. The molecule has 0 spiro atoms. The van der Waals surface area contributed by atoms with E-state index >= 15 is 0 Å². The fraction of sp³-hybridized carbons (Fsp3) is 0.143. The summed E-state index contributed by atoms with van der Waals surface area (Å²) in [5.74, 6) is 0. The zero-order valence-corrected chi connectivity index (χ0v) is 13.9. The van der Waals surface area contributed by atoms with Gasteiger partial charge in [-0.05, 0) is 52.7 Å². The van der Waals surface area contributed by atoms with Crippen LogP contribution in [0, 0.1) is 0 Å². The minimum atomic E-state index is 0.0875. The minimum absolute atomic E-state index is 0.0875. The third kappa shape index (κ3) is 3.57. The Morgan fingerprint density at radius 2 is 1.74 bits per heavy atom. The molecule has 2 aromatic rings. The van der Waals surface area contributed by atoms with E-state index in [0.29, 0.717) is 15.1 Å². The third-order valence-corrected chi connectivity index (χ3v) is 4.90. The molecule has 0 radical (unpaired) electrons. The Balaban J connectivity index is 2.23. The van der Waals surface area contributed by atoms with E-state index in [1.165, 1.54) is 0 Å². The lowest BCUT2D eigenvalue weighted by atomic mass is 10.1. The molecule has 5 heteroatoms. The monoisotopic (exact) mass is 377 g/mol. The van der Waals surface area contributed by atoms with Crippen LogP contribution in [0.4, 0.5) is 5.69 Å². The first kappa shape index (κ1) is 15.0. The van der Waals surface area contributed by atoms with Crippen LogP contribution in [0.25, 0.3) is 0 Å². The molecule has 1 N–H and O–H groups in total. The van der Waals surface area contributed by atoms with Crippen molar-refractivity contribution in [2.45, 2.75) is 13.0 Å². The topological polar surface area (TPSA) is 12.0 Å². The second-order valence-electron chi connectivity index (χ2n) is 4.14. The van der Waals surface area contributed by atoms with Crippen molar-refractivity contribution in [2.24, 2.45) is 0 Å². The lowest BCUT2D eigenvalue weighted by Crippen LogP contribution is -2.07. The second kappa shape index (κ2) is 6.36. The summed E-state index contributed by atoms with van der Waals surface area (Å²) in [4.78, 5) is 0. The van der Waals surface area contributed by atoms with Gasteiger partial charge in [0.05, 0.1) is 25.2 Å². The lowest BCUT2D eigenvalue weighted by Gasteiger charge is -2.17. The summed E-state index contributed by atoms with van der Waals surface area (Å²) in [5.41, 5.74) is 1.99. The molecule has 0 saturated heterocycles. The van der Waals surface area contributed by atoms with Gasteiger partial charge in [-0.15, -0.1) is 0 Å². The van der Waals surface area contributed by atoms with Gasteiger partial charge in [0, 0.05) is 6.04 Å². The standard InChI is InChI=1S/C14H11BrCl3N/c1-8(9-5-6-10(16)12(18)7-9)19-13-4-2-3-11(17)14(13)15/h2-8,19H,1H3. The van der Waals surface area contributed by atoms with Gasteiger partial charge in [0.1, 0.15) is 0 Å². The molecular formula is C14H11BrCl3N. The first-order valence-corrected chi connectivity index (χ1v) is 7.57. The van der Waals surface area contributed by atoms with E-state index in [9.17, 15) is 0 Å². The van der Waals surface area contributed by atoms with E-state index in [4.69, 9.17) is 34.8 Å². The molecular weight excluding hydrogens is 368 g/mol. The number of anilines is 1. The number of hydrogen-bond donors (Lipinski definition) is 1. The van der Waals surface area contributed by atoms with Crippen molar-refractivity contribution in [3.63, 3.8) is 0 Å². The molecule has 0 saturated carbocycles. The Morgan fingerprint density at radius 3 is 2.42 bits per heavy atom. The van der Waals surface area contributed by atoms with Crippen molar-refractivity contribution < 1.29 is 0 Å². The Morgan fingerprint density at radius 1 is 1.00 bits per heavy atom. The van der Waals surface area contributed by atoms with Crippen molar-refractivity contribution >= 4 is 56.4 Å². The number of hydrogen-bond acceptors (Lipinski definition) is 1. The van der Waals surface area contributed by atoms with Crippen LogP contribution in [-0.4, -0.2) is 0 Å². The first-order chi connectivity index (χ1) is 8.99. The van der Waals surface area contributed by atoms with Crippen LogP contribution in [0.3, 0.4) is 0 Å². The smallest absolute Gasteiger partial charge is 0.0595 e. The number of benzene rings is 2. The van der Waals surface area contributed by atoms with Crippen LogP contribution in [0.15, 0.2) is 40.9 Å². The molecule has 1 unspecified atom stereocenters. The Bertz CT molecular complexity index is 601. The average Bonchev–Trinajstić information content (AvgIpc) is 2.38. The van der Waals surface area contributed by atoms with Crippen molar-refractivity contribution in [1.29, 1.82) is 0 Å². The van der Waals surface area contributed by atoms with Crippen molar-refractivity contribution in [3.05, 3.63) is 61.5 Å². The molecule has 0 bridgehead atoms. The van der Waals surface area contributed by atoms with Crippen LogP contribution in [-0.2, 0) is 0 Å². The van der Waals surface area contributed by atoms with Gasteiger partial charge in [-0.2, -0.15) is 0 Å². The van der Waals surface area contributed by atoms with Crippen LogP contribution in [0.1, 0.15) is 18.5 Å². The zero-order chi connectivity index (χ0) is 14.0. The van der Waals surface area contributed by atoms with E-state index in [1.54, 1.807) is 6.07 Å². The highest BCUT2D eigenvalue weighted by Crippen LogP contribution is 2.33. The minimum Gasteiger partial charge on any atom is -0.378 e. The Hall–Kier alpha value is -0.410. The van der Waals surface area contributed by atoms with Gasteiger partial charge in [-0.25, -0.2) is 0 Å². The molecule has 100 valence electrons. The number of rotatable bonds is 3. The second-order valence-corrected chi connectivity index (χ2v) is 6.16. The van der Waals surface area contributed by atoms with Crippen LogP contribution < -0.4 is 5.32 Å². The van der Waals surface area contributed by atoms with Gasteiger partial charge < -0.3 is 5.32 Å². The summed E-state index contributed by atoms with van der Waals surface area (Å²) >= 11 is 21.5. The predicted octanol–water partition coefficient (Wildman–Crippen LogP) is 6.58. The fourth-order valence-corrected chi connectivity index (χ4v) is 2.57. The predicted molar refractivity (Wildman–Crippen MR) is 87.7 cm³/mol. The van der Waals surface area contributed by atoms with Crippen LogP contribution in [0.5, 0.6) is 0 Å². The highest BCUT2D eigenvalue weighted by atomic mass is 79.9. The van der Waals surface area contributed by atoms with Gasteiger partial charge in [0.25, 0.3) is 0 Å². The molecule has 2 rings (SSSR count). The van der Waals surface area contributed by atoms with Crippen LogP contribution >= 0.6 is 50.7 Å². The molecule has 0 aromatic heterocycles. The largest absolute Gasteiger partial charge is 0.378 e. The normalized spacial score (nSPS) is 12.3. The average molecular weight is 380 g/mol. The number of nitrogens with one attached hydrogen (secondary N) is 1. The Kier molecular flexibility index (Phi) is 5.02. The molecule has 1 nitrogen and oxygen atoms in total. The summed E-state index contributed by atoms with van der Waals surface area (Å²) in [5, 5.41) is 5.16. The summed E-state index contributed by atoms with van der Waals surface area (Å²) in [7, 11) is 0. The van der Waals surface area contributed by atoms with E-state index in [-0.39, 0.29) is 6.04 Å². The van der Waals surface area contributed by atoms with Gasteiger partial charge >= 0.3 is 0 Å². The molecule has 0 aliphatic carbocycles. The molecule has 2 aromatic carbocycles. The molecule has 1 atom stereocenters. The quantitative estimate of drug-likeness (QED) is 0.635. The summed E-state index contributed by atoms with van der Waals surface area (Å²) in [6, 6.07) is 11.4. The van der Waals surface area contributed by atoms with E-state index in [2.05, 4.69) is 21.2 Å². The molecule has 0 heterocycles. The summed E-state index contributed by atoms with van der Waals surface area (Å²) < 4.78 is 0.851. The molecule has 0 fully saturated rings.